The fraction of sp³-hybridized carbons (Fsp3) is 0.824. The van der Waals surface area contributed by atoms with E-state index >= 15 is 0 Å². The second-order valence-corrected chi connectivity index (χ2v) is 6.53. The van der Waals surface area contributed by atoms with Gasteiger partial charge in [0.15, 0.2) is 11.8 Å². The number of aromatic nitrogens is 2. The molecule has 1 rings (SSSR count). The highest BCUT2D eigenvalue weighted by atomic mass is 127. The van der Waals surface area contributed by atoms with E-state index in [0.717, 1.165) is 50.7 Å². The fourth-order valence-corrected chi connectivity index (χ4v) is 1.93. The number of guanidine groups is 1. The van der Waals surface area contributed by atoms with Gasteiger partial charge in [-0.25, -0.2) is 0 Å². The molecule has 0 amide bonds. The van der Waals surface area contributed by atoms with Crippen LogP contribution in [-0.4, -0.2) is 49.5 Å². The summed E-state index contributed by atoms with van der Waals surface area (Å²) in [6.45, 7) is 11.6. The minimum absolute atomic E-state index is 0. The molecule has 0 aromatic carbocycles. The lowest BCUT2D eigenvalue weighted by Gasteiger charge is -2.12. The predicted molar refractivity (Wildman–Crippen MR) is 112 cm³/mol. The Morgan fingerprint density at radius 2 is 1.88 bits per heavy atom. The number of rotatable bonds is 11. The molecule has 1 aromatic rings. The van der Waals surface area contributed by atoms with E-state index in [1.165, 1.54) is 0 Å². The second-order valence-electron chi connectivity index (χ2n) is 6.53. The molecule has 0 fully saturated rings. The van der Waals surface area contributed by atoms with Crippen LogP contribution in [0.4, 0.5) is 0 Å². The molecule has 0 aliphatic carbocycles. The molecule has 2 N–H and O–H groups in total. The molecule has 0 unspecified atom stereocenters. The lowest BCUT2D eigenvalue weighted by atomic mass is 10.1. The maximum Gasteiger partial charge on any atom is 0.226 e. The van der Waals surface area contributed by atoms with Crippen molar-refractivity contribution in [1.82, 2.24) is 20.8 Å². The highest BCUT2D eigenvalue weighted by Gasteiger charge is 2.09. The van der Waals surface area contributed by atoms with Gasteiger partial charge in [0.05, 0.1) is 6.61 Å². The van der Waals surface area contributed by atoms with Crippen LogP contribution in [0.25, 0.3) is 0 Å². The number of nitrogens with one attached hydrogen (secondary N) is 2. The van der Waals surface area contributed by atoms with Crippen molar-refractivity contribution in [3.05, 3.63) is 11.7 Å². The Balaban J connectivity index is 0.00000576. The van der Waals surface area contributed by atoms with Gasteiger partial charge in [-0.2, -0.15) is 4.98 Å². The standard InChI is InChI=1S/C17H33N5O2.HI/c1-13(2)8-11-23-12-10-20-17(18-5)19-9-6-7-15-21-16(14(3)4)22-24-15;/h13-14H,6-12H2,1-5H3,(H2,18,19,20);1H. The van der Waals surface area contributed by atoms with Gasteiger partial charge in [-0.15, -0.1) is 24.0 Å². The molecule has 0 atom stereocenters. The molecule has 8 heteroatoms. The minimum Gasteiger partial charge on any atom is -0.380 e. The van der Waals surface area contributed by atoms with Crippen LogP contribution in [0.5, 0.6) is 0 Å². The first-order valence-electron chi connectivity index (χ1n) is 8.87. The minimum atomic E-state index is 0. The third-order valence-electron chi connectivity index (χ3n) is 3.46. The number of nitrogens with zero attached hydrogens (tertiary/aromatic N) is 3. The van der Waals surface area contributed by atoms with E-state index in [2.05, 4.69) is 53.5 Å². The topological polar surface area (TPSA) is 84.6 Å². The molecule has 0 bridgehead atoms. The van der Waals surface area contributed by atoms with Gasteiger partial charge in [-0.05, 0) is 18.8 Å². The molecule has 25 heavy (non-hydrogen) atoms. The Morgan fingerprint density at radius 1 is 1.16 bits per heavy atom. The predicted octanol–water partition coefficient (Wildman–Crippen LogP) is 2.97. The first-order chi connectivity index (χ1) is 11.5. The summed E-state index contributed by atoms with van der Waals surface area (Å²) in [6.07, 6.45) is 2.77. The number of hydrogen-bond acceptors (Lipinski definition) is 5. The Bertz CT molecular complexity index is 477. The van der Waals surface area contributed by atoms with Crippen LogP contribution >= 0.6 is 24.0 Å². The zero-order valence-electron chi connectivity index (χ0n) is 16.2. The average molecular weight is 467 g/mol. The molecule has 0 radical (unpaired) electrons. The van der Waals surface area contributed by atoms with Crippen molar-refractivity contribution in [2.45, 2.75) is 52.9 Å². The fourth-order valence-electron chi connectivity index (χ4n) is 1.93. The van der Waals surface area contributed by atoms with Gasteiger partial charge < -0.3 is 19.9 Å². The third-order valence-corrected chi connectivity index (χ3v) is 3.46. The number of aliphatic imine (C=N–C) groups is 1. The van der Waals surface area contributed by atoms with Gasteiger partial charge in [-0.1, -0.05) is 32.9 Å². The average Bonchev–Trinajstić information content (AvgIpc) is 3.01. The molecule has 0 saturated carbocycles. The number of halogens is 1. The van der Waals surface area contributed by atoms with E-state index in [1.54, 1.807) is 7.05 Å². The van der Waals surface area contributed by atoms with E-state index in [4.69, 9.17) is 9.26 Å². The summed E-state index contributed by atoms with van der Waals surface area (Å²) >= 11 is 0. The Hall–Kier alpha value is -0.900. The smallest absolute Gasteiger partial charge is 0.226 e. The zero-order valence-corrected chi connectivity index (χ0v) is 18.5. The molecule has 0 spiro atoms. The van der Waals surface area contributed by atoms with E-state index in [9.17, 15) is 0 Å². The Morgan fingerprint density at radius 3 is 2.48 bits per heavy atom. The lowest BCUT2D eigenvalue weighted by Crippen LogP contribution is -2.39. The lowest BCUT2D eigenvalue weighted by molar-refractivity contribution is 0.128. The normalized spacial score (nSPS) is 11.7. The summed E-state index contributed by atoms with van der Waals surface area (Å²) in [6, 6.07) is 0. The SMILES string of the molecule is CN=C(NCCCc1nc(C(C)C)no1)NCCOCCC(C)C.I. The first kappa shape index (κ1) is 24.1. The van der Waals surface area contributed by atoms with Gasteiger partial charge in [0.25, 0.3) is 0 Å². The summed E-state index contributed by atoms with van der Waals surface area (Å²) in [5.41, 5.74) is 0. The summed E-state index contributed by atoms with van der Waals surface area (Å²) < 4.78 is 10.8. The summed E-state index contributed by atoms with van der Waals surface area (Å²) in [4.78, 5) is 8.56. The van der Waals surface area contributed by atoms with Gasteiger partial charge >= 0.3 is 0 Å². The van der Waals surface area contributed by atoms with Crippen molar-refractivity contribution >= 4 is 29.9 Å². The highest BCUT2D eigenvalue weighted by Crippen LogP contribution is 2.10. The highest BCUT2D eigenvalue weighted by molar-refractivity contribution is 14.0. The molecular weight excluding hydrogens is 433 g/mol. The third kappa shape index (κ3) is 11.4. The Kier molecular flexibility index (Phi) is 13.8. The zero-order chi connectivity index (χ0) is 17.8. The van der Waals surface area contributed by atoms with Gasteiger partial charge in [0.2, 0.25) is 5.89 Å². The summed E-state index contributed by atoms with van der Waals surface area (Å²) in [5, 5.41) is 10.5. The van der Waals surface area contributed by atoms with Crippen LogP contribution in [0.2, 0.25) is 0 Å². The van der Waals surface area contributed by atoms with Crippen LogP contribution in [0.3, 0.4) is 0 Å². The van der Waals surface area contributed by atoms with Crippen molar-refractivity contribution in [3.8, 4) is 0 Å². The van der Waals surface area contributed by atoms with Gasteiger partial charge in [0, 0.05) is 39.1 Å². The molecule has 0 aliphatic heterocycles. The van der Waals surface area contributed by atoms with Crippen LogP contribution in [0, 0.1) is 5.92 Å². The van der Waals surface area contributed by atoms with Gasteiger partial charge in [-0.3, -0.25) is 4.99 Å². The van der Waals surface area contributed by atoms with Crippen molar-refractivity contribution in [1.29, 1.82) is 0 Å². The second kappa shape index (κ2) is 14.3. The summed E-state index contributed by atoms with van der Waals surface area (Å²) in [5.74, 6) is 3.24. The van der Waals surface area contributed by atoms with E-state index < -0.39 is 0 Å². The van der Waals surface area contributed by atoms with Crippen LogP contribution < -0.4 is 10.6 Å². The number of aryl methyl sites for hydroxylation is 1. The first-order valence-corrected chi connectivity index (χ1v) is 8.87. The van der Waals surface area contributed by atoms with Crippen molar-refractivity contribution in [3.63, 3.8) is 0 Å². The van der Waals surface area contributed by atoms with Crippen molar-refractivity contribution in [2.24, 2.45) is 10.9 Å². The summed E-state index contributed by atoms with van der Waals surface area (Å²) in [7, 11) is 1.77. The van der Waals surface area contributed by atoms with Crippen molar-refractivity contribution < 1.29 is 9.26 Å². The molecule has 7 nitrogen and oxygen atoms in total. The van der Waals surface area contributed by atoms with E-state index in [1.807, 2.05) is 0 Å². The largest absolute Gasteiger partial charge is 0.380 e. The molecule has 0 saturated heterocycles. The van der Waals surface area contributed by atoms with E-state index in [-0.39, 0.29) is 24.0 Å². The maximum absolute atomic E-state index is 5.57. The quantitative estimate of drug-likeness (QED) is 0.225. The monoisotopic (exact) mass is 467 g/mol. The Labute approximate surface area is 168 Å². The van der Waals surface area contributed by atoms with Crippen molar-refractivity contribution in [2.75, 3.05) is 33.4 Å². The number of ether oxygens (including phenoxy) is 1. The van der Waals surface area contributed by atoms with Gasteiger partial charge in [0.1, 0.15) is 0 Å². The molecule has 1 aromatic heterocycles. The molecule has 146 valence electrons. The molecule has 0 aliphatic rings. The molecule has 1 heterocycles. The maximum atomic E-state index is 5.57. The van der Waals surface area contributed by atoms with Crippen LogP contribution in [0.1, 0.15) is 58.2 Å². The van der Waals surface area contributed by atoms with Crippen LogP contribution in [0.15, 0.2) is 9.52 Å². The van der Waals surface area contributed by atoms with Crippen LogP contribution in [-0.2, 0) is 11.2 Å². The van der Waals surface area contributed by atoms with E-state index in [0.29, 0.717) is 24.3 Å². The number of hydrogen-bond donors (Lipinski definition) is 2. The molecular formula is C17H34IN5O2.